The van der Waals surface area contributed by atoms with E-state index >= 15 is 0 Å². The fraction of sp³-hybridized carbons (Fsp3) is 0.292. The number of hydrogen-bond acceptors (Lipinski definition) is 6. The van der Waals surface area contributed by atoms with Crippen molar-refractivity contribution >= 4 is 28.9 Å². The van der Waals surface area contributed by atoms with Crippen molar-refractivity contribution in [3.05, 3.63) is 66.0 Å². The van der Waals surface area contributed by atoms with Crippen LogP contribution in [0.3, 0.4) is 0 Å². The van der Waals surface area contributed by atoms with Crippen LogP contribution in [0.1, 0.15) is 31.2 Å². The number of carbonyl (C=O) groups is 1. The number of carbonyl (C=O) groups excluding carboxylic acids is 1. The minimum Gasteiger partial charge on any atom is -0.496 e. The van der Waals surface area contributed by atoms with Crippen molar-refractivity contribution < 1.29 is 9.53 Å². The van der Waals surface area contributed by atoms with Crippen LogP contribution in [0.25, 0.3) is 0 Å². The summed E-state index contributed by atoms with van der Waals surface area (Å²) in [7, 11) is 1.64. The van der Waals surface area contributed by atoms with Crippen molar-refractivity contribution in [1.29, 1.82) is 0 Å². The third kappa shape index (κ3) is 4.45. The summed E-state index contributed by atoms with van der Waals surface area (Å²) in [4.78, 5) is 21.9. The van der Waals surface area contributed by atoms with E-state index in [-0.39, 0.29) is 5.91 Å². The largest absolute Gasteiger partial charge is 0.496 e. The lowest BCUT2D eigenvalue weighted by atomic mass is 9.94. The number of methoxy groups -OCH3 is 1. The Morgan fingerprint density at radius 2 is 1.71 bits per heavy atom. The van der Waals surface area contributed by atoms with Crippen molar-refractivity contribution in [3.63, 3.8) is 0 Å². The van der Waals surface area contributed by atoms with Crippen LogP contribution in [0.15, 0.2) is 54.6 Å². The Morgan fingerprint density at radius 3 is 2.39 bits per heavy atom. The predicted octanol–water partition coefficient (Wildman–Crippen LogP) is 4.64. The van der Waals surface area contributed by atoms with Crippen molar-refractivity contribution in [2.45, 2.75) is 32.1 Å². The van der Waals surface area contributed by atoms with Gasteiger partial charge in [-0.05, 0) is 57.0 Å². The molecule has 0 saturated heterocycles. The Hall–Kier alpha value is -3.61. The zero-order valence-corrected chi connectivity index (χ0v) is 18.0. The second-order valence-electron chi connectivity index (χ2n) is 7.65. The van der Waals surface area contributed by atoms with E-state index < -0.39 is 5.41 Å². The van der Waals surface area contributed by atoms with Gasteiger partial charge in [0.1, 0.15) is 23.2 Å². The van der Waals surface area contributed by atoms with Crippen molar-refractivity contribution in [3.8, 4) is 5.75 Å². The first-order valence-electron chi connectivity index (χ1n) is 10.5. The van der Waals surface area contributed by atoms with Gasteiger partial charge in [0.2, 0.25) is 5.91 Å². The Morgan fingerprint density at radius 1 is 1.03 bits per heavy atom. The average Bonchev–Trinajstić information content (AvgIpc) is 3.57. The second-order valence-corrected chi connectivity index (χ2v) is 7.65. The van der Waals surface area contributed by atoms with Crippen LogP contribution < -0.4 is 20.7 Å². The fourth-order valence-electron chi connectivity index (χ4n) is 3.72. The highest BCUT2D eigenvalue weighted by Gasteiger charge is 2.52. The molecule has 31 heavy (non-hydrogen) atoms. The third-order valence-corrected chi connectivity index (χ3v) is 5.42. The lowest BCUT2D eigenvalue weighted by molar-refractivity contribution is -0.118. The van der Waals surface area contributed by atoms with Gasteiger partial charge in [-0.2, -0.15) is 0 Å². The standard InChI is InChI=1S/C24H27N5O2/c1-4-25-21-15-22(27-16(2)26-21)28-17-9-11-18(12-10-17)29-23(30)24(13-14-24)19-7-5-6-8-20(19)31-3/h5-12,15H,4,13-14H2,1-3H3,(H,29,30)(H2,25,26,27,28). The molecule has 7 nitrogen and oxygen atoms in total. The molecule has 1 aromatic heterocycles. The van der Waals surface area contributed by atoms with Crippen LogP contribution in [0.4, 0.5) is 23.0 Å². The highest BCUT2D eigenvalue weighted by molar-refractivity contribution is 6.02. The molecular formula is C24H27N5O2. The minimum absolute atomic E-state index is 0.000541. The van der Waals surface area contributed by atoms with E-state index in [4.69, 9.17) is 4.74 Å². The molecule has 1 fully saturated rings. The number of nitrogens with zero attached hydrogens (tertiary/aromatic N) is 2. The molecule has 0 radical (unpaired) electrons. The maximum absolute atomic E-state index is 13.1. The first-order valence-corrected chi connectivity index (χ1v) is 10.5. The van der Waals surface area contributed by atoms with Gasteiger partial charge in [0.25, 0.3) is 0 Å². The molecule has 0 atom stereocenters. The van der Waals surface area contributed by atoms with Crippen molar-refractivity contribution in [1.82, 2.24) is 9.97 Å². The number of aromatic nitrogens is 2. The SMILES string of the molecule is CCNc1cc(Nc2ccc(NC(=O)C3(c4ccccc4OC)CC3)cc2)nc(C)n1. The van der Waals surface area contributed by atoms with E-state index in [2.05, 4.69) is 25.9 Å². The molecule has 0 unspecified atom stereocenters. The molecule has 160 valence electrons. The molecule has 2 aromatic carbocycles. The van der Waals surface area contributed by atoms with Crippen LogP contribution in [0.2, 0.25) is 0 Å². The van der Waals surface area contributed by atoms with E-state index in [0.717, 1.165) is 47.9 Å². The summed E-state index contributed by atoms with van der Waals surface area (Å²) in [6, 6.07) is 17.2. The Balaban J connectivity index is 1.45. The Bertz CT molecular complexity index is 1080. The van der Waals surface area contributed by atoms with Gasteiger partial charge in [0.15, 0.2) is 0 Å². The van der Waals surface area contributed by atoms with Crippen LogP contribution in [0.5, 0.6) is 5.75 Å². The number of rotatable bonds is 8. The van der Waals surface area contributed by atoms with Crippen molar-refractivity contribution in [2.24, 2.45) is 0 Å². The third-order valence-electron chi connectivity index (χ3n) is 5.42. The summed E-state index contributed by atoms with van der Waals surface area (Å²) < 4.78 is 5.47. The van der Waals surface area contributed by atoms with Crippen LogP contribution >= 0.6 is 0 Å². The van der Waals surface area contributed by atoms with E-state index in [1.165, 1.54) is 0 Å². The van der Waals surface area contributed by atoms with Crippen LogP contribution in [-0.4, -0.2) is 29.5 Å². The molecular weight excluding hydrogens is 390 g/mol. The van der Waals surface area contributed by atoms with Gasteiger partial charge in [-0.1, -0.05) is 18.2 Å². The highest BCUT2D eigenvalue weighted by atomic mass is 16.5. The molecule has 7 heteroatoms. The van der Waals surface area contributed by atoms with Gasteiger partial charge >= 0.3 is 0 Å². The lowest BCUT2D eigenvalue weighted by Gasteiger charge is -2.18. The molecule has 3 N–H and O–H groups in total. The molecule has 0 bridgehead atoms. The molecule has 1 saturated carbocycles. The number of nitrogens with one attached hydrogen (secondary N) is 3. The first kappa shape index (κ1) is 20.7. The molecule has 1 amide bonds. The van der Waals surface area contributed by atoms with Crippen LogP contribution in [0, 0.1) is 6.92 Å². The number of anilines is 4. The monoisotopic (exact) mass is 417 g/mol. The molecule has 1 aliphatic carbocycles. The second kappa shape index (κ2) is 8.63. The summed E-state index contributed by atoms with van der Waals surface area (Å²) in [5, 5.41) is 9.55. The van der Waals surface area contributed by atoms with E-state index in [1.807, 2.05) is 68.4 Å². The highest BCUT2D eigenvalue weighted by Crippen LogP contribution is 2.52. The normalized spacial score (nSPS) is 13.9. The predicted molar refractivity (Wildman–Crippen MR) is 123 cm³/mol. The summed E-state index contributed by atoms with van der Waals surface area (Å²) >= 11 is 0. The molecule has 3 aromatic rings. The zero-order chi connectivity index (χ0) is 21.8. The Kier molecular flexibility index (Phi) is 5.75. The first-order chi connectivity index (χ1) is 15.0. The molecule has 1 heterocycles. The topological polar surface area (TPSA) is 88.2 Å². The summed E-state index contributed by atoms with van der Waals surface area (Å²) in [6.45, 7) is 4.68. The Labute approximate surface area is 182 Å². The van der Waals surface area contributed by atoms with Gasteiger partial charge in [-0.25, -0.2) is 9.97 Å². The summed E-state index contributed by atoms with van der Waals surface area (Å²) in [5.74, 6) is 2.95. The number of amides is 1. The van der Waals surface area contributed by atoms with E-state index in [0.29, 0.717) is 11.6 Å². The number of para-hydroxylation sites is 1. The quantitative estimate of drug-likeness (QED) is 0.495. The van der Waals surface area contributed by atoms with Gasteiger partial charge in [0, 0.05) is 29.5 Å². The number of aryl methyl sites for hydroxylation is 1. The summed E-state index contributed by atoms with van der Waals surface area (Å²) in [6.07, 6.45) is 1.64. The number of hydrogen-bond donors (Lipinski definition) is 3. The molecule has 0 spiro atoms. The van der Waals surface area contributed by atoms with Gasteiger partial charge < -0.3 is 20.7 Å². The number of ether oxygens (including phenoxy) is 1. The maximum Gasteiger partial charge on any atom is 0.235 e. The zero-order valence-electron chi connectivity index (χ0n) is 18.0. The van der Waals surface area contributed by atoms with Gasteiger partial charge in [-0.15, -0.1) is 0 Å². The number of benzene rings is 2. The van der Waals surface area contributed by atoms with Gasteiger partial charge in [-0.3, -0.25) is 4.79 Å². The molecule has 1 aliphatic rings. The molecule has 4 rings (SSSR count). The van der Waals surface area contributed by atoms with Crippen LogP contribution in [-0.2, 0) is 10.2 Å². The minimum atomic E-state index is -0.509. The van der Waals surface area contributed by atoms with Crippen molar-refractivity contribution in [2.75, 3.05) is 29.6 Å². The summed E-state index contributed by atoms with van der Waals surface area (Å²) in [5.41, 5.74) is 2.07. The fourth-order valence-corrected chi connectivity index (χ4v) is 3.72. The van der Waals surface area contributed by atoms with E-state index in [9.17, 15) is 4.79 Å². The van der Waals surface area contributed by atoms with Gasteiger partial charge in [0.05, 0.1) is 12.5 Å². The lowest BCUT2D eigenvalue weighted by Crippen LogP contribution is -2.28. The molecule has 0 aliphatic heterocycles. The smallest absolute Gasteiger partial charge is 0.235 e. The maximum atomic E-state index is 13.1. The average molecular weight is 418 g/mol. The van der Waals surface area contributed by atoms with E-state index in [1.54, 1.807) is 7.11 Å².